The zero-order chi connectivity index (χ0) is 28.6. The molecule has 202 valence electrons. The Balaban J connectivity index is 1.38. The summed E-state index contributed by atoms with van der Waals surface area (Å²) in [5.74, 6) is -2.68. The number of carboxylic acid groups (broad SMARTS) is 1. The predicted molar refractivity (Wildman–Crippen MR) is 152 cm³/mol. The van der Waals surface area contributed by atoms with E-state index < -0.39 is 23.6 Å². The first-order valence-electron chi connectivity index (χ1n) is 12.9. The lowest BCUT2D eigenvalue weighted by Gasteiger charge is -2.15. The van der Waals surface area contributed by atoms with Gasteiger partial charge in [0.1, 0.15) is 11.6 Å². The molecular formula is C33H28F2N2O3. The van der Waals surface area contributed by atoms with Gasteiger partial charge in [-0.2, -0.15) is 0 Å². The Hall–Kier alpha value is -4.78. The van der Waals surface area contributed by atoms with Gasteiger partial charge in [-0.1, -0.05) is 48.5 Å². The molecule has 0 saturated heterocycles. The molecule has 5 nitrogen and oxygen atoms in total. The molecule has 1 atom stereocenters. The van der Waals surface area contributed by atoms with Crippen LogP contribution in [0.3, 0.4) is 0 Å². The molecule has 0 spiro atoms. The zero-order valence-electron chi connectivity index (χ0n) is 22.3. The van der Waals surface area contributed by atoms with E-state index in [1.54, 1.807) is 31.2 Å². The highest BCUT2D eigenvalue weighted by Crippen LogP contribution is 2.29. The van der Waals surface area contributed by atoms with E-state index >= 15 is 0 Å². The van der Waals surface area contributed by atoms with E-state index in [1.165, 1.54) is 12.1 Å². The summed E-state index contributed by atoms with van der Waals surface area (Å²) in [4.78, 5) is 24.6. The minimum Gasteiger partial charge on any atom is -0.478 e. The first-order chi connectivity index (χ1) is 19.1. The van der Waals surface area contributed by atoms with Gasteiger partial charge in [0.05, 0.1) is 11.6 Å². The van der Waals surface area contributed by atoms with Gasteiger partial charge in [0.25, 0.3) is 5.91 Å². The van der Waals surface area contributed by atoms with Crippen LogP contribution in [0, 0.1) is 25.5 Å². The molecule has 0 bridgehead atoms. The van der Waals surface area contributed by atoms with Crippen molar-refractivity contribution in [1.29, 1.82) is 0 Å². The van der Waals surface area contributed by atoms with Crippen molar-refractivity contribution in [3.05, 3.63) is 130 Å². The first-order valence-corrected chi connectivity index (χ1v) is 12.9. The Bertz CT molecular complexity index is 1760. The number of rotatable bonds is 7. The number of halogens is 2. The largest absolute Gasteiger partial charge is 0.478 e. The molecule has 0 radical (unpaired) electrons. The van der Waals surface area contributed by atoms with Crippen LogP contribution in [-0.2, 0) is 6.54 Å². The van der Waals surface area contributed by atoms with Gasteiger partial charge in [0.15, 0.2) is 0 Å². The standard InChI is InChI=1S/C33H28F2N2O3/c1-19-21(3)37(18-22-8-10-23(11-9-22)27-6-4-5-7-28(27)33(39)40)31-15-12-24(16-29(19)31)32(38)36-20(2)26-14-13-25(34)17-30(26)35/h4-17,20H,18H2,1-3H3,(H,36,38)(H,39,40). The highest BCUT2D eigenvalue weighted by molar-refractivity contribution is 5.99. The predicted octanol–water partition coefficient (Wildman–Crippen LogP) is 7.44. The maximum Gasteiger partial charge on any atom is 0.336 e. The number of nitrogens with one attached hydrogen (secondary N) is 1. The molecule has 5 rings (SSSR count). The van der Waals surface area contributed by atoms with Gasteiger partial charge in [-0.3, -0.25) is 4.79 Å². The molecule has 4 aromatic carbocycles. The molecule has 0 fully saturated rings. The van der Waals surface area contributed by atoms with Crippen molar-refractivity contribution in [2.24, 2.45) is 0 Å². The number of hydrogen-bond acceptors (Lipinski definition) is 2. The van der Waals surface area contributed by atoms with E-state index in [-0.39, 0.29) is 17.0 Å². The second kappa shape index (κ2) is 10.8. The average Bonchev–Trinajstić information content (AvgIpc) is 3.17. The highest BCUT2D eigenvalue weighted by Gasteiger charge is 2.18. The van der Waals surface area contributed by atoms with E-state index in [0.717, 1.165) is 39.4 Å². The zero-order valence-corrected chi connectivity index (χ0v) is 22.3. The lowest BCUT2D eigenvalue weighted by Crippen LogP contribution is -2.27. The second-order valence-electron chi connectivity index (χ2n) is 9.94. The fourth-order valence-electron chi connectivity index (χ4n) is 5.10. The number of nitrogens with zero attached hydrogens (tertiary/aromatic N) is 1. The fourth-order valence-corrected chi connectivity index (χ4v) is 5.10. The van der Waals surface area contributed by atoms with Crippen molar-refractivity contribution in [1.82, 2.24) is 9.88 Å². The summed E-state index contributed by atoms with van der Waals surface area (Å²) in [5, 5.41) is 13.3. The molecule has 1 amide bonds. The molecule has 0 aliphatic heterocycles. The van der Waals surface area contributed by atoms with Gasteiger partial charge in [-0.05, 0) is 73.4 Å². The van der Waals surface area contributed by atoms with Crippen molar-refractivity contribution in [3.63, 3.8) is 0 Å². The van der Waals surface area contributed by atoms with Crippen molar-refractivity contribution in [3.8, 4) is 11.1 Å². The van der Waals surface area contributed by atoms with Crippen LogP contribution >= 0.6 is 0 Å². The maximum atomic E-state index is 14.2. The molecular weight excluding hydrogens is 510 g/mol. The number of carboxylic acids is 1. The van der Waals surface area contributed by atoms with Gasteiger partial charge in [0.2, 0.25) is 0 Å². The minimum absolute atomic E-state index is 0.214. The first kappa shape index (κ1) is 26.8. The number of aromatic carboxylic acids is 1. The molecule has 1 heterocycles. The number of hydrogen-bond donors (Lipinski definition) is 2. The van der Waals surface area contributed by atoms with Gasteiger partial charge in [0, 0.05) is 40.3 Å². The van der Waals surface area contributed by atoms with Gasteiger partial charge >= 0.3 is 5.97 Å². The Labute approximate surface area is 230 Å². The summed E-state index contributed by atoms with van der Waals surface area (Å²) in [6, 6.07) is 22.9. The molecule has 7 heteroatoms. The molecule has 0 aliphatic rings. The fraction of sp³-hybridized carbons (Fsp3) is 0.152. The number of carbonyl (C=O) groups excluding carboxylic acids is 1. The average molecular weight is 539 g/mol. The summed E-state index contributed by atoms with van der Waals surface area (Å²) in [5.41, 5.74) is 6.56. The minimum atomic E-state index is -0.963. The van der Waals surface area contributed by atoms with E-state index in [9.17, 15) is 23.5 Å². The number of aromatic nitrogens is 1. The van der Waals surface area contributed by atoms with Crippen LogP contribution in [0.25, 0.3) is 22.0 Å². The Morgan fingerprint density at radius 3 is 2.35 bits per heavy atom. The van der Waals surface area contributed by atoms with Crippen LogP contribution in [-0.4, -0.2) is 21.6 Å². The van der Waals surface area contributed by atoms with Crippen LogP contribution in [0.2, 0.25) is 0 Å². The summed E-state index contributed by atoms with van der Waals surface area (Å²) >= 11 is 0. The number of amides is 1. The van der Waals surface area contributed by atoms with Gasteiger partial charge < -0.3 is 15.0 Å². The number of benzene rings is 4. The van der Waals surface area contributed by atoms with Crippen LogP contribution in [0.4, 0.5) is 8.78 Å². The topological polar surface area (TPSA) is 71.3 Å². The molecule has 2 N–H and O–H groups in total. The van der Waals surface area contributed by atoms with Gasteiger partial charge in [-0.25, -0.2) is 13.6 Å². The molecule has 0 saturated carbocycles. The van der Waals surface area contributed by atoms with E-state index in [0.29, 0.717) is 17.7 Å². The summed E-state index contributed by atoms with van der Waals surface area (Å²) in [6.07, 6.45) is 0. The van der Waals surface area contributed by atoms with E-state index in [4.69, 9.17) is 0 Å². The van der Waals surface area contributed by atoms with Crippen LogP contribution in [0.1, 0.15) is 56.1 Å². The quantitative estimate of drug-likeness (QED) is 0.226. The lowest BCUT2D eigenvalue weighted by molar-refractivity contribution is 0.0697. The van der Waals surface area contributed by atoms with Gasteiger partial charge in [-0.15, -0.1) is 0 Å². The number of fused-ring (bicyclic) bond motifs is 1. The van der Waals surface area contributed by atoms with Crippen molar-refractivity contribution >= 4 is 22.8 Å². The Kier molecular flexibility index (Phi) is 7.22. The van der Waals surface area contributed by atoms with E-state index in [2.05, 4.69) is 9.88 Å². The van der Waals surface area contributed by atoms with Crippen molar-refractivity contribution < 1.29 is 23.5 Å². The van der Waals surface area contributed by atoms with Crippen LogP contribution in [0.15, 0.2) is 84.9 Å². The third kappa shape index (κ3) is 5.10. The molecule has 5 aromatic rings. The molecule has 1 unspecified atom stereocenters. The normalized spacial score (nSPS) is 11.9. The lowest BCUT2D eigenvalue weighted by atomic mass is 9.99. The summed E-state index contributed by atoms with van der Waals surface area (Å²) in [6.45, 7) is 6.30. The Morgan fingerprint density at radius 1 is 0.925 bits per heavy atom. The third-order valence-corrected chi connectivity index (χ3v) is 7.44. The Morgan fingerprint density at radius 2 is 1.65 bits per heavy atom. The van der Waals surface area contributed by atoms with E-state index in [1.807, 2.05) is 56.3 Å². The van der Waals surface area contributed by atoms with Crippen molar-refractivity contribution in [2.75, 3.05) is 0 Å². The number of carbonyl (C=O) groups is 2. The SMILES string of the molecule is Cc1c(C)n(Cc2ccc(-c3ccccc3C(=O)O)cc2)c2ccc(C(=O)NC(C)c3ccc(F)cc3F)cc12. The van der Waals surface area contributed by atoms with Crippen LogP contribution < -0.4 is 5.32 Å². The van der Waals surface area contributed by atoms with Crippen molar-refractivity contribution in [2.45, 2.75) is 33.4 Å². The summed E-state index contributed by atoms with van der Waals surface area (Å²) < 4.78 is 29.6. The second-order valence-corrected chi connectivity index (χ2v) is 9.94. The molecule has 1 aromatic heterocycles. The summed E-state index contributed by atoms with van der Waals surface area (Å²) in [7, 11) is 0. The van der Waals surface area contributed by atoms with Crippen LogP contribution in [0.5, 0.6) is 0 Å². The maximum absolute atomic E-state index is 14.2. The monoisotopic (exact) mass is 538 g/mol. The smallest absolute Gasteiger partial charge is 0.336 e. The molecule has 40 heavy (non-hydrogen) atoms. The highest BCUT2D eigenvalue weighted by atomic mass is 19.1. The third-order valence-electron chi connectivity index (χ3n) is 7.44. The number of aryl methyl sites for hydroxylation is 1. The molecule has 0 aliphatic carbocycles.